The van der Waals surface area contributed by atoms with E-state index in [9.17, 15) is 0 Å². The molecule has 0 atom stereocenters. The zero-order valence-electron chi connectivity index (χ0n) is 39.9. The summed E-state index contributed by atoms with van der Waals surface area (Å²) in [5.41, 5.74) is 23.0. The number of fused-ring (bicyclic) bond motifs is 14. The molecular formula is C66H40B2N4Se2. The van der Waals surface area contributed by atoms with Crippen molar-refractivity contribution in [2.75, 3.05) is 9.80 Å². The number of aromatic nitrogens is 2. The minimum absolute atomic E-state index is 0.0473. The van der Waals surface area contributed by atoms with Gasteiger partial charge in [-0.2, -0.15) is 0 Å². The minimum atomic E-state index is 0.0473. The number of rotatable bonds is 4. The maximum absolute atomic E-state index is 2.66. The van der Waals surface area contributed by atoms with Gasteiger partial charge in [-0.05, 0) is 0 Å². The third kappa shape index (κ3) is 5.71. The van der Waals surface area contributed by atoms with Crippen LogP contribution in [0.1, 0.15) is 0 Å². The number of hydrogen-bond donors (Lipinski definition) is 0. The van der Waals surface area contributed by atoms with Gasteiger partial charge in [0, 0.05) is 0 Å². The zero-order chi connectivity index (χ0) is 48.2. The predicted octanol–water partition coefficient (Wildman–Crippen LogP) is 8.42. The van der Waals surface area contributed by atoms with E-state index in [0.29, 0.717) is 0 Å². The molecule has 4 aliphatic rings. The molecule has 0 saturated heterocycles. The van der Waals surface area contributed by atoms with Crippen LogP contribution in [0.25, 0.3) is 55.0 Å². The van der Waals surface area contributed by atoms with Gasteiger partial charge in [0.05, 0.1) is 0 Å². The van der Waals surface area contributed by atoms with E-state index < -0.39 is 0 Å². The van der Waals surface area contributed by atoms with Gasteiger partial charge in [-0.3, -0.25) is 0 Å². The van der Waals surface area contributed by atoms with Crippen LogP contribution in [0.3, 0.4) is 0 Å². The Balaban J connectivity index is 0.980. The van der Waals surface area contributed by atoms with Crippen molar-refractivity contribution < 1.29 is 0 Å². The Morgan fingerprint density at radius 2 is 0.608 bits per heavy atom. The van der Waals surface area contributed by atoms with Gasteiger partial charge in [0.2, 0.25) is 0 Å². The van der Waals surface area contributed by atoms with E-state index in [2.05, 4.69) is 262 Å². The Morgan fingerprint density at radius 3 is 1.01 bits per heavy atom. The van der Waals surface area contributed by atoms with Crippen molar-refractivity contribution in [2.45, 2.75) is 0 Å². The van der Waals surface area contributed by atoms with Crippen molar-refractivity contribution in [2.24, 2.45) is 0 Å². The van der Waals surface area contributed by atoms with Crippen LogP contribution in [0.5, 0.6) is 0 Å². The summed E-state index contributed by atoms with van der Waals surface area (Å²) >= 11 is 0.160. The first-order valence-corrected chi connectivity index (χ1v) is 28.9. The first-order valence-electron chi connectivity index (χ1n) is 25.5. The summed E-state index contributed by atoms with van der Waals surface area (Å²) < 4.78 is 10.8. The van der Waals surface area contributed by atoms with Gasteiger partial charge >= 0.3 is 445 Å². The summed E-state index contributed by atoms with van der Waals surface area (Å²) in [6, 6.07) is 92.1. The van der Waals surface area contributed by atoms with Crippen LogP contribution in [0.2, 0.25) is 0 Å². The second-order valence-corrected chi connectivity index (χ2v) is 24.5. The molecule has 4 nitrogen and oxygen atoms in total. The van der Waals surface area contributed by atoms with E-state index >= 15 is 0 Å². The molecule has 0 N–H and O–H groups in total. The van der Waals surface area contributed by atoms with E-state index in [-0.39, 0.29) is 43.3 Å². The monoisotopic (exact) mass is 1070 g/mol. The molecule has 11 aromatic carbocycles. The first-order chi connectivity index (χ1) is 36.7. The second kappa shape index (κ2) is 15.7. The summed E-state index contributed by atoms with van der Waals surface area (Å²) in [6.07, 6.45) is 0. The van der Waals surface area contributed by atoms with Crippen LogP contribution < -0.4 is 60.4 Å². The number of hydrogen-bond acceptors (Lipinski definition) is 2. The molecule has 4 aliphatic heterocycles. The summed E-state index contributed by atoms with van der Waals surface area (Å²) in [5.74, 6) is 0. The number of benzene rings is 11. The average Bonchev–Trinajstić information content (AvgIpc) is 3.98. The molecule has 2 aromatic heterocycles. The molecule has 0 fully saturated rings. The Bertz CT molecular complexity index is 4150. The Labute approximate surface area is 441 Å². The summed E-state index contributed by atoms with van der Waals surface area (Å²) in [4.78, 5) is 5.23. The van der Waals surface area contributed by atoms with Gasteiger partial charge in [0.25, 0.3) is 0 Å². The van der Waals surface area contributed by atoms with Crippen molar-refractivity contribution in [1.29, 1.82) is 0 Å². The number of anilines is 6. The number of nitrogens with zero attached hydrogens (tertiary/aromatic N) is 4. The fraction of sp³-hybridized carbons (Fsp3) is 0. The quantitative estimate of drug-likeness (QED) is 0.165. The second-order valence-electron chi connectivity index (χ2n) is 20.0. The van der Waals surface area contributed by atoms with Gasteiger partial charge in [-0.15, -0.1) is 0 Å². The molecule has 0 amide bonds. The topological polar surface area (TPSA) is 16.3 Å². The Morgan fingerprint density at radius 1 is 0.257 bits per heavy atom. The van der Waals surface area contributed by atoms with Crippen molar-refractivity contribution in [3.63, 3.8) is 0 Å². The van der Waals surface area contributed by atoms with Gasteiger partial charge in [-0.1, -0.05) is 0 Å². The van der Waals surface area contributed by atoms with E-state index in [0.717, 1.165) is 11.4 Å². The molecule has 342 valence electrons. The van der Waals surface area contributed by atoms with Crippen molar-refractivity contribution in [3.8, 4) is 11.4 Å². The van der Waals surface area contributed by atoms with Gasteiger partial charge in [0.15, 0.2) is 0 Å². The molecule has 0 aliphatic carbocycles. The average molecular weight is 1070 g/mol. The summed E-state index contributed by atoms with van der Waals surface area (Å²) in [6.45, 7) is 0.0946. The van der Waals surface area contributed by atoms with E-state index in [4.69, 9.17) is 0 Å². The van der Waals surface area contributed by atoms with Gasteiger partial charge in [0.1, 0.15) is 0 Å². The molecule has 17 rings (SSSR count). The van der Waals surface area contributed by atoms with Crippen LogP contribution in [0.15, 0.2) is 243 Å². The van der Waals surface area contributed by atoms with Crippen LogP contribution in [-0.4, -0.2) is 52.5 Å². The summed E-state index contributed by atoms with van der Waals surface area (Å²) in [5, 5.41) is 5.10. The molecule has 8 heteroatoms. The maximum atomic E-state index is 2.66. The molecular weight excluding hydrogens is 1030 g/mol. The molecule has 0 saturated carbocycles. The molecule has 0 spiro atoms. The third-order valence-corrected chi connectivity index (χ3v) is 21.0. The Hall–Kier alpha value is -8.21. The molecule has 13 aromatic rings. The van der Waals surface area contributed by atoms with Crippen LogP contribution in [0, 0.1) is 0 Å². The van der Waals surface area contributed by atoms with Crippen LogP contribution in [-0.2, 0) is 0 Å². The molecule has 74 heavy (non-hydrogen) atoms. The SMILES string of the molecule is c1ccc(N2c3cc4c(cc3B3c5ccccc5[Se]c5cc(-n6c7ccccc7c7ccccc76)cc2c53)B2c3ccccc3[Se]c3cc(-n5c6ccccc6c6ccccc65)cc(c32)N4c2ccccc2)cc1. The van der Waals surface area contributed by atoms with E-state index in [1.54, 1.807) is 0 Å². The first kappa shape index (κ1) is 41.3. The fourth-order valence-electron chi connectivity index (χ4n) is 13.2. The standard InChI is InChI=1S/C66H40B2N4Se2/c1-3-19-41(20-4-1)69-57-40-58-52(39-51(57)67-49-27-11-17-33-61(49)73-63-37-43(35-59(69)65(63)67)71-53-29-13-7-23-45(53)46-24-8-14-30-54(46)71)68-50-28-12-18-34-62(50)74-64-38-44(36-60(66(64)68)70(58)42-21-5-2-6-22-42)72-55-31-15-9-25-47(55)48-26-10-16-32-56(48)72/h1-40H. The van der Waals surface area contributed by atoms with Gasteiger partial charge < -0.3 is 0 Å². The van der Waals surface area contributed by atoms with Crippen molar-refractivity contribution in [1.82, 2.24) is 9.13 Å². The molecule has 0 bridgehead atoms. The predicted molar refractivity (Wildman–Crippen MR) is 317 cm³/mol. The van der Waals surface area contributed by atoms with E-state index in [1.807, 2.05) is 0 Å². The summed E-state index contributed by atoms with van der Waals surface area (Å²) in [7, 11) is 0. The number of para-hydroxylation sites is 6. The Kier molecular flexibility index (Phi) is 8.73. The third-order valence-electron chi connectivity index (χ3n) is 16.2. The van der Waals surface area contributed by atoms with E-state index in [1.165, 1.54) is 128 Å². The molecule has 0 unspecified atom stereocenters. The normalized spacial score (nSPS) is 13.7. The zero-order valence-corrected chi connectivity index (χ0v) is 43.3. The van der Waals surface area contributed by atoms with Crippen LogP contribution >= 0.6 is 0 Å². The van der Waals surface area contributed by atoms with Crippen LogP contribution in [0.4, 0.5) is 34.1 Å². The molecule has 0 radical (unpaired) electrons. The van der Waals surface area contributed by atoms with Crippen molar-refractivity contribution in [3.05, 3.63) is 243 Å². The molecule has 6 heterocycles. The fourth-order valence-corrected chi connectivity index (χ4v) is 18.3. The van der Waals surface area contributed by atoms with Gasteiger partial charge in [-0.25, -0.2) is 0 Å². The van der Waals surface area contributed by atoms with Crippen molar-refractivity contribution >= 4 is 172 Å².